The number of nitro benzene ring substituents is 1. The van der Waals surface area contributed by atoms with Gasteiger partial charge in [-0.1, -0.05) is 37.6 Å². The molecule has 2 rings (SSSR count). The lowest BCUT2D eigenvalue weighted by Gasteiger charge is -2.27. The molecule has 1 unspecified atom stereocenters. The summed E-state index contributed by atoms with van der Waals surface area (Å²) in [7, 11) is 1.61. The Morgan fingerprint density at radius 2 is 1.97 bits per heavy atom. The van der Waals surface area contributed by atoms with E-state index in [0.29, 0.717) is 5.56 Å². The van der Waals surface area contributed by atoms with Crippen LogP contribution in [-0.4, -0.2) is 34.7 Å². The standard InChI is InChI=1S/C21H21ClN4O4/c1-13(2)19(21(28)25(3)12-15-6-4-5-14(9-15)11-23)24-20(27)17-8-7-16(26(29)30)10-18(17)22/h4-10,13,19H,12H2,1-3H3,(H,24,27). The monoisotopic (exact) mass is 428 g/mol. The number of carbonyl (C=O) groups is 2. The van der Waals surface area contributed by atoms with Crippen molar-refractivity contribution in [2.45, 2.75) is 26.4 Å². The summed E-state index contributed by atoms with van der Waals surface area (Å²) in [6, 6.07) is 11.7. The fraction of sp³-hybridized carbons (Fsp3) is 0.286. The first-order valence-corrected chi connectivity index (χ1v) is 9.50. The summed E-state index contributed by atoms with van der Waals surface area (Å²) in [6.45, 7) is 3.86. The molecular formula is C21H21ClN4O4. The number of halogens is 1. The molecule has 0 saturated heterocycles. The Balaban J connectivity index is 2.16. The SMILES string of the molecule is CC(C)C(NC(=O)c1ccc([N+](=O)[O-])cc1Cl)C(=O)N(C)Cc1cccc(C#N)c1. The summed E-state index contributed by atoms with van der Waals surface area (Å²) < 4.78 is 0. The number of likely N-dealkylation sites (N-methyl/N-ethyl adjacent to an activating group) is 1. The van der Waals surface area contributed by atoms with Crippen molar-refractivity contribution in [3.8, 4) is 6.07 Å². The van der Waals surface area contributed by atoms with Crippen LogP contribution in [0.1, 0.15) is 35.3 Å². The summed E-state index contributed by atoms with van der Waals surface area (Å²) in [5.41, 5.74) is 1.10. The molecule has 0 radical (unpaired) electrons. The highest BCUT2D eigenvalue weighted by atomic mass is 35.5. The number of rotatable bonds is 7. The van der Waals surface area contributed by atoms with Gasteiger partial charge in [-0.3, -0.25) is 19.7 Å². The van der Waals surface area contributed by atoms with Crippen LogP contribution in [0.2, 0.25) is 5.02 Å². The molecule has 0 spiro atoms. The van der Waals surface area contributed by atoms with Crippen molar-refractivity contribution < 1.29 is 14.5 Å². The van der Waals surface area contributed by atoms with Gasteiger partial charge in [0.1, 0.15) is 6.04 Å². The van der Waals surface area contributed by atoms with Gasteiger partial charge >= 0.3 is 0 Å². The average Bonchev–Trinajstić information content (AvgIpc) is 2.70. The van der Waals surface area contributed by atoms with Crippen LogP contribution >= 0.6 is 11.6 Å². The van der Waals surface area contributed by atoms with E-state index in [9.17, 15) is 19.7 Å². The first-order chi connectivity index (χ1) is 14.1. The maximum atomic E-state index is 13.0. The molecule has 0 saturated carbocycles. The summed E-state index contributed by atoms with van der Waals surface area (Å²) in [5, 5.41) is 22.5. The molecule has 2 amide bonds. The van der Waals surface area contributed by atoms with Crippen LogP contribution in [0.3, 0.4) is 0 Å². The van der Waals surface area contributed by atoms with Gasteiger partial charge in [-0.2, -0.15) is 5.26 Å². The molecule has 0 heterocycles. The van der Waals surface area contributed by atoms with Crippen LogP contribution < -0.4 is 5.32 Å². The Kier molecular flexibility index (Phi) is 7.50. The van der Waals surface area contributed by atoms with Crippen LogP contribution in [0, 0.1) is 27.4 Å². The van der Waals surface area contributed by atoms with E-state index in [2.05, 4.69) is 11.4 Å². The van der Waals surface area contributed by atoms with Gasteiger partial charge in [0.15, 0.2) is 0 Å². The molecule has 30 heavy (non-hydrogen) atoms. The third-order valence-corrected chi connectivity index (χ3v) is 4.79. The zero-order valence-corrected chi connectivity index (χ0v) is 17.5. The second kappa shape index (κ2) is 9.85. The van der Waals surface area contributed by atoms with Gasteiger partial charge in [0.2, 0.25) is 5.91 Å². The Labute approximate surface area is 179 Å². The van der Waals surface area contributed by atoms with Crippen molar-refractivity contribution in [2.24, 2.45) is 5.92 Å². The Bertz CT molecular complexity index is 1020. The molecule has 0 aliphatic heterocycles. The van der Waals surface area contributed by atoms with E-state index < -0.39 is 16.9 Å². The molecular weight excluding hydrogens is 408 g/mol. The summed E-state index contributed by atoms with van der Waals surface area (Å²) in [5.74, 6) is -1.12. The van der Waals surface area contributed by atoms with E-state index >= 15 is 0 Å². The van der Waals surface area contributed by atoms with Crippen LogP contribution in [0.5, 0.6) is 0 Å². The molecule has 1 atom stereocenters. The zero-order chi connectivity index (χ0) is 22.4. The maximum Gasteiger partial charge on any atom is 0.270 e. The Hall–Kier alpha value is -3.44. The second-order valence-corrected chi connectivity index (χ2v) is 7.53. The van der Waals surface area contributed by atoms with E-state index in [1.165, 1.54) is 17.0 Å². The van der Waals surface area contributed by atoms with E-state index in [-0.39, 0.29) is 34.6 Å². The number of nitrogens with one attached hydrogen (secondary N) is 1. The lowest BCUT2D eigenvalue weighted by molar-refractivity contribution is -0.384. The van der Waals surface area contributed by atoms with E-state index in [1.807, 2.05) is 6.07 Å². The molecule has 2 aromatic rings. The minimum Gasteiger partial charge on any atom is -0.340 e. The van der Waals surface area contributed by atoms with Crippen molar-refractivity contribution in [1.82, 2.24) is 10.2 Å². The fourth-order valence-corrected chi connectivity index (χ4v) is 3.12. The van der Waals surface area contributed by atoms with Crippen LogP contribution in [-0.2, 0) is 11.3 Å². The number of hydrogen-bond acceptors (Lipinski definition) is 5. The van der Waals surface area contributed by atoms with E-state index in [4.69, 9.17) is 16.9 Å². The third kappa shape index (κ3) is 5.55. The number of hydrogen-bond donors (Lipinski definition) is 1. The van der Waals surface area contributed by atoms with Gasteiger partial charge in [0.25, 0.3) is 11.6 Å². The molecule has 156 valence electrons. The van der Waals surface area contributed by atoms with Gasteiger partial charge in [-0.15, -0.1) is 0 Å². The van der Waals surface area contributed by atoms with Gasteiger partial charge in [0, 0.05) is 25.7 Å². The van der Waals surface area contributed by atoms with Crippen molar-refractivity contribution in [3.05, 3.63) is 74.3 Å². The predicted octanol–water partition coefficient (Wildman–Crippen LogP) is 3.53. The molecule has 0 bridgehead atoms. The largest absolute Gasteiger partial charge is 0.340 e. The Morgan fingerprint density at radius 3 is 2.53 bits per heavy atom. The minimum absolute atomic E-state index is 0.0464. The highest BCUT2D eigenvalue weighted by molar-refractivity contribution is 6.34. The fourth-order valence-electron chi connectivity index (χ4n) is 2.86. The number of amides is 2. The van der Waals surface area contributed by atoms with Gasteiger partial charge in [-0.05, 0) is 29.7 Å². The molecule has 0 aliphatic rings. The highest BCUT2D eigenvalue weighted by Crippen LogP contribution is 2.23. The molecule has 9 heteroatoms. The zero-order valence-electron chi connectivity index (χ0n) is 16.8. The number of benzene rings is 2. The number of nitrogens with zero attached hydrogens (tertiary/aromatic N) is 3. The molecule has 0 fully saturated rings. The second-order valence-electron chi connectivity index (χ2n) is 7.12. The minimum atomic E-state index is -0.826. The average molecular weight is 429 g/mol. The van der Waals surface area contributed by atoms with Crippen molar-refractivity contribution >= 4 is 29.1 Å². The lowest BCUT2D eigenvalue weighted by Crippen LogP contribution is -2.50. The van der Waals surface area contributed by atoms with Crippen LogP contribution in [0.25, 0.3) is 0 Å². The normalized spacial score (nSPS) is 11.5. The topological polar surface area (TPSA) is 116 Å². The quantitative estimate of drug-likeness (QED) is 0.534. The Morgan fingerprint density at radius 1 is 1.27 bits per heavy atom. The molecule has 1 N–H and O–H groups in total. The molecule has 8 nitrogen and oxygen atoms in total. The van der Waals surface area contributed by atoms with Crippen molar-refractivity contribution in [2.75, 3.05) is 7.05 Å². The van der Waals surface area contributed by atoms with Crippen LogP contribution in [0.4, 0.5) is 5.69 Å². The van der Waals surface area contributed by atoms with Crippen molar-refractivity contribution in [1.29, 1.82) is 5.26 Å². The van der Waals surface area contributed by atoms with Gasteiger partial charge in [0.05, 0.1) is 27.1 Å². The summed E-state index contributed by atoms with van der Waals surface area (Å²) >= 11 is 6.02. The number of non-ortho nitro benzene ring substituents is 1. The van der Waals surface area contributed by atoms with E-state index in [0.717, 1.165) is 11.6 Å². The number of carbonyl (C=O) groups excluding carboxylic acids is 2. The summed E-state index contributed by atoms with van der Waals surface area (Å²) in [6.07, 6.45) is 0. The summed E-state index contributed by atoms with van der Waals surface area (Å²) in [4.78, 5) is 37.3. The number of nitro groups is 1. The van der Waals surface area contributed by atoms with Crippen LogP contribution in [0.15, 0.2) is 42.5 Å². The first kappa shape index (κ1) is 22.8. The molecule has 2 aromatic carbocycles. The molecule has 0 aliphatic carbocycles. The smallest absolute Gasteiger partial charge is 0.270 e. The van der Waals surface area contributed by atoms with Crippen molar-refractivity contribution in [3.63, 3.8) is 0 Å². The predicted molar refractivity (Wildman–Crippen MR) is 112 cm³/mol. The third-order valence-electron chi connectivity index (χ3n) is 4.48. The number of nitriles is 1. The maximum absolute atomic E-state index is 13.0. The first-order valence-electron chi connectivity index (χ1n) is 9.12. The van der Waals surface area contributed by atoms with Gasteiger partial charge < -0.3 is 10.2 Å². The molecule has 0 aromatic heterocycles. The lowest BCUT2D eigenvalue weighted by atomic mass is 10.0. The highest BCUT2D eigenvalue weighted by Gasteiger charge is 2.28. The van der Waals surface area contributed by atoms with E-state index in [1.54, 1.807) is 39.1 Å². The van der Waals surface area contributed by atoms with Gasteiger partial charge in [-0.25, -0.2) is 0 Å².